The van der Waals surface area contributed by atoms with Gasteiger partial charge in [0.25, 0.3) is 0 Å². The van der Waals surface area contributed by atoms with Crippen molar-refractivity contribution >= 4 is 17.1 Å². The smallest absolute Gasteiger partial charge is 0.0991 e. The van der Waals surface area contributed by atoms with Crippen LogP contribution in [-0.4, -0.2) is 9.97 Å². The van der Waals surface area contributed by atoms with Crippen LogP contribution in [0.1, 0.15) is 5.56 Å². The van der Waals surface area contributed by atoms with Gasteiger partial charge in [0.2, 0.25) is 0 Å². The molecule has 0 aliphatic carbocycles. The Morgan fingerprint density at radius 2 is 0.788 bits per heavy atom. The van der Waals surface area contributed by atoms with Gasteiger partial charge in [-0.2, -0.15) is 5.26 Å². The third-order valence-corrected chi connectivity index (χ3v) is 5.53. The van der Waals surface area contributed by atoms with Crippen molar-refractivity contribution in [3.63, 3.8) is 0 Å². The zero-order valence-corrected chi connectivity index (χ0v) is 17.8. The van der Waals surface area contributed by atoms with E-state index in [4.69, 9.17) is 0 Å². The third-order valence-electron chi connectivity index (χ3n) is 5.53. The predicted molar refractivity (Wildman–Crippen MR) is 132 cm³/mol. The summed E-state index contributed by atoms with van der Waals surface area (Å²) in [4.78, 5) is 10.4. The van der Waals surface area contributed by atoms with E-state index in [0.717, 1.165) is 39.3 Å². The molecule has 0 amide bonds. The van der Waals surface area contributed by atoms with E-state index in [1.54, 1.807) is 24.8 Å². The molecular formula is C29H20N4. The van der Waals surface area contributed by atoms with E-state index in [-0.39, 0.29) is 0 Å². The average molecular weight is 425 g/mol. The quantitative estimate of drug-likeness (QED) is 0.300. The fourth-order valence-electron chi connectivity index (χ4n) is 3.83. The summed E-state index contributed by atoms with van der Waals surface area (Å²) >= 11 is 0. The first kappa shape index (κ1) is 20.2. The van der Waals surface area contributed by atoms with Crippen molar-refractivity contribution in [1.82, 2.24) is 9.97 Å². The molecular weight excluding hydrogens is 404 g/mol. The Hall–Kier alpha value is -4.75. The zero-order chi connectivity index (χ0) is 22.5. The van der Waals surface area contributed by atoms with Gasteiger partial charge < -0.3 is 4.90 Å². The number of hydrogen-bond acceptors (Lipinski definition) is 4. The minimum Gasteiger partial charge on any atom is -0.311 e. The summed E-state index contributed by atoms with van der Waals surface area (Å²) in [6.07, 6.45) is 7.21. The number of benzene rings is 3. The van der Waals surface area contributed by atoms with Crippen molar-refractivity contribution in [2.24, 2.45) is 0 Å². The van der Waals surface area contributed by atoms with Crippen molar-refractivity contribution in [2.75, 3.05) is 4.90 Å². The molecule has 0 spiro atoms. The molecule has 0 N–H and O–H groups in total. The molecule has 4 nitrogen and oxygen atoms in total. The monoisotopic (exact) mass is 424 g/mol. The minimum atomic E-state index is 0.639. The number of rotatable bonds is 5. The first-order chi connectivity index (χ1) is 16.3. The van der Waals surface area contributed by atoms with Gasteiger partial charge in [-0.25, -0.2) is 0 Å². The Balaban J connectivity index is 1.54. The van der Waals surface area contributed by atoms with Crippen molar-refractivity contribution in [3.05, 3.63) is 127 Å². The predicted octanol–water partition coefficient (Wildman–Crippen LogP) is 7.15. The lowest BCUT2D eigenvalue weighted by molar-refractivity contribution is 1.28. The number of nitrogens with zero attached hydrogens (tertiary/aromatic N) is 4. The van der Waals surface area contributed by atoms with Gasteiger partial charge in [-0.3, -0.25) is 9.97 Å². The van der Waals surface area contributed by atoms with Gasteiger partial charge >= 0.3 is 0 Å². The van der Waals surface area contributed by atoms with Crippen molar-refractivity contribution in [3.8, 4) is 28.3 Å². The maximum atomic E-state index is 9.21. The van der Waals surface area contributed by atoms with Crippen LogP contribution in [-0.2, 0) is 0 Å². The largest absolute Gasteiger partial charge is 0.311 e. The molecule has 4 heteroatoms. The Bertz CT molecular complexity index is 1290. The van der Waals surface area contributed by atoms with E-state index in [0.29, 0.717) is 5.56 Å². The molecule has 0 atom stereocenters. The molecule has 0 radical (unpaired) electrons. The van der Waals surface area contributed by atoms with Crippen LogP contribution in [0.4, 0.5) is 17.1 Å². The van der Waals surface area contributed by atoms with Gasteiger partial charge in [0, 0.05) is 41.8 Å². The lowest BCUT2D eigenvalue weighted by atomic mass is 10.0. The highest BCUT2D eigenvalue weighted by molar-refractivity contribution is 5.79. The van der Waals surface area contributed by atoms with Crippen LogP contribution in [0.25, 0.3) is 22.3 Å². The number of pyridine rings is 2. The van der Waals surface area contributed by atoms with Crippen LogP contribution < -0.4 is 4.90 Å². The molecule has 5 rings (SSSR count). The molecule has 33 heavy (non-hydrogen) atoms. The fraction of sp³-hybridized carbons (Fsp3) is 0. The highest BCUT2D eigenvalue weighted by Crippen LogP contribution is 2.36. The minimum absolute atomic E-state index is 0.639. The average Bonchev–Trinajstić information content (AvgIpc) is 2.91. The van der Waals surface area contributed by atoms with E-state index >= 15 is 0 Å². The van der Waals surface area contributed by atoms with E-state index in [9.17, 15) is 5.26 Å². The van der Waals surface area contributed by atoms with Crippen LogP contribution in [0.5, 0.6) is 0 Å². The normalized spacial score (nSPS) is 10.4. The number of hydrogen-bond donors (Lipinski definition) is 0. The lowest BCUT2D eigenvalue weighted by Crippen LogP contribution is -2.09. The SMILES string of the molecule is N#Cc1ccc(N(c2ccc(-c3ccncc3)cc2)c2ccc(-c3ccncc3)cc2)cc1. The molecule has 0 bridgehead atoms. The topological polar surface area (TPSA) is 52.8 Å². The Morgan fingerprint density at radius 3 is 1.15 bits per heavy atom. The van der Waals surface area contributed by atoms with E-state index in [1.165, 1.54) is 0 Å². The van der Waals surface area contributed by atoms with Gasteiger partial charge in [0.05, 0.1) is 11.6 Å². The van der Waals surface area contributed by atoms with Gasteiger partial charge in [0.15, 0.2) is 0 Å². The molecule has 156 valence electrons. The Labute approximate surface area is 193 Å². The van der Waals surface area contributed by atoms with E-state index < -0.39 is 0 Å². The molecule has 2 heterocycles. The summed E-state index contributed by atoms with van der Waals surface area (Å²) in [7, 11) is 0. The van der Waals surface area contributed by atoms with Crippen LogP contribution in [0.2, 0.25) is 0 Å². The molecule has 0 saturated carbocycles. The highest BCUT2D eigenvalue weighted by atomic mass is 15.1. The summed E-state index contributed by atoms with van der Waals surface area (Å²) in [5.74, 6) is 0. The second kappa shape index (κ2) is 9.17. The maximum absolute atomic E-state index is 9.21. The molecule has 0 aliphatic rings. The first-order valence-corrected chi connectivity index (χ1v) is 10.6. The van der Waals surface area contributed by atoms with Gasteiger partial charge in [-0.15, -0.1) is 0 Å². The summed E-state index contributed by atoms with van der Waals surface area (Å²) in [5.41, 5.74) is 8.22. The number of nitriles is 1. The van der Waals surface area contributed by atoms with Gasteiger partial charge in [0.1, 0.15) is 0 Å². The van der Waals surface area contributed by atoms with Crippen molar-refractivity contribution in [1.29, 1.82) is 5.26 Å². The summed E-state index contributed by atoms with van der Waals surface area (Å²) in [6.45, 7) is 0. The number of anilines is 3. The molecule has 0 aliphatic heterocycles. The molecule has 0 fully saturated rings. The second-order valence-corrected chi connectivity index (χ2v) is 7.56. The number of aromatic nitrogens is 2. The molecule has 3 aromatic carbocycles. The summed E-state index contributed by atoms with van der Waals surface area (Å²) < 4.78 is 0. The Kier molecular flexibility index (Phi) is 5.60. The van der Waals surface area contributed by atoms with Crippen molar-refractivity contribution < 1.29 is 0 Å². The zero-order valence-electron chi connectivity index (χ0n) is 17.8. The summed E-state index contributed by atoms with van der Waals surface area (Å²) in [6, 6.07) is 34.8. The summed E-state index contributed by atoms with van der Waals surface area (Å²) in [5, 5.41) is 9.21. The van der Waals surface area contributed by atoms with Crippen LogP contribution in [0.3, 0.4) is 0 Å². The standard InChI is InChI=1S/C29H20N4/c30-21-22-1-7-27(8-2-22)33(28-9-3-23(4-10-28)25-13-17-31-18-14-25)29-11-5-24(6-12-29)26-15-19-32-20-16-26/h1-20H. The molecule has 5 aromatic rings. The van der Waals surface area contributed by atoms with E-state index in [2.05, 4.69) is 69.5 Å². The fourth-order valence-corrected chi connectivity index (χ4v) is 3.83. The second-order valence-electron chi connectivity index (χ2n) is 7.56. The van der Waals surface area contributed by atoms with Crippen LogP contribution in [0, 0.1) is 11.3 Å². The highest BCUT2D eigenvalue weighted by Gasteiger charge is 2.13. The Morgan fingerprint density at radius 1 is 0.455 bits per heavy atom. The van der Waals surface area contributed by atoms with E-state index in [1.807, 2.05) is 48.5 Å². The van der Waals surface area contributed by atoms with Crippen LogP contribution in [0.15, 0.2) is 122 Å². The van der Waals surface area contributed by atoms with Gasteiger partial charge in [-0.1, -0.05) is 24.3 Å². The first-order valence-electron chi connectivity index (χ1n) is 10.6. The van der Waals surface area contributed by atoms with Crippen molar-refractivity contribution in [2.45, 2.75) is 0 Å². The molecule has 0 unspecified atom stereocenters. The third kappa shape index (κ3) is 4.34. The molecule has 0 saturated heterocycles. The molecule has 2 aromatic heterocycles. The van der Waals surface area contributed by atoms with Crippen LogP contribution >= 0.6 is 0 Å². The maximum Gasteiger partial charge on any atom is 0.0991 e. The van der Waals surface area contributed by atoms with Gasteiger partial charge in [-0.05, 0) is 95.1 Å². The lowest BCUT2D eigenvalue weighted by Gasteiger charge is -2.26.